The number of hydrogen-bond acceptors (Lipinski definition) is 3. The van der Waals surface area contributed by atoms with E-state index in [0.29, 0.717) is 0 Å². The Balaban J connectivity index is 2.04. The van der Waals surface area contributed by atoms with Gasteiger partial charge in [-0.25, -0.2) is 0 Å². The van der Waals surface area contributed by atoms with Crippen LogP contribution in [-0.4, -0.2) is 24.3 Å². The number of furan rings is 1. The Morgan fingerprint density at radius 2 is 2.13 bits per heavy atom. The molecule has 1 heterocycles. The Hall–Kier alpha value is 0.0700. The minimum atomic E-state index is 0.793. The summed E-state index contributed by atoms with van der Waals surface area (Å²) >= 11 is 5.17. The fourth-order valence-electron chi connectivity index (χ4n) is 1.14. The predicted molar refractivity (Wildman–Crippen MR) is 68.9 cm³/mol. The van der Waals surface area contributed by atoms with Gasteiger partial charge in [-0.15, -0.1) is 0 Å². The second-order valence-electron chi connectivity index (χ2n) is 3.08. The van der Waals surface area contributed by atoms with Crippen LogP contribution in [0, 0.1) is 0 Å². The van der Waals surface area contributed by atoms with Crippen LogP contribution in [0.5, 0.6) is 0 Å². The highest BCUT2D eigenvalue weighted by Crippen LogP contribution is 2.15. The first kappa shape index (κ1) is 13.1. The molecule has 1 rings (SSSR count). The van der Waals surface area contributed by atoms with Crippen LogP contribution in [0.15, 0.2) is 16.5 Å². The molecule has 0 aliphatic heterocycles. The summed E-state index contributed by atoms with van der Waals surface area (Å²) < 4.78 is 10.9. The standard InChI is InChI=1S/C11H17BrO2S/c1-2-10-3-4-11(14-10)9-15-8-7-13-6-5-12/h3-4H,2,5-9H2,1H3. The number of aryl methyl sites for hydroxylation is 1. The molecule has 0 aliphatic rings. The number of rotatable bonds is 8. The van der Waals surface area contributed by atoms with Gasteiger partial charge in [0.1, 0.15) is 11.5 Å². The van der Waals surface area contributed by atoms with Crippen molar-refractivity contribution in [1.82, 2.24) is 0 Å². The van der Waals surface area contributed by atoms with E-state index in [0.717, 1.165) is 48.0 Å². The first-order chi connectivity index (χ1) is 7.36. The average molecular weight is 293 g/mol. The number of halogens is 1. The molecule has 0 saturated heterocycles. The van der Waals surface area contributed by atoms with Crippen LogP contribution in [0.25, 0.3) is 0 Å². The molecule has 2 nitrogen and oxygen atoms in total. The molecule has 0 aromatic carbocycles. The van der Waals surface area contributed by atoms with Crippen LogP contribution in [0.3, 0.4) is 0 Å². The van der Waals surface area contributed by atoms with Gasteiger partial charge in [0.15, 0.2) is 0 Å². The summed E-state index contributed by atoms with van der Waals surface area (Å²) in [6, 6.07) is 4.11. The molecule has 0 aliphatic carbocycles. The van der Waals surface area contributed by atoms with Gasteiger partial charge < -0.3 is 9.15 Å². The molecule has 1 aromatic heterocycles. The van der Waals surface area contributed by atoms with Crippen molar-refractivity contribution in [3.05, 3.63) is 23.7 Å². The normalized spacial score (nSPS) is 10.8. The molecule has 0 atom stereocenters. The van der Waals surface area contributed by atoms with Gasteiger partial charge in [-0.05, 0) is 12.1 Å². The first-order valence-corrected chi connectivity index (χ1v) is 7.43. The molecule has 0 spiro atoms. The van der Waals surface area contributed by atoms with E-state index in [-0.39, 0.29) is 0 Å². The lowest BCUT2D eigenvalue weighted by molar-refractivity contribution is 0.168. The highest BCUT2D eigenvalue weighted by Gasteiger charge is 2.00. The van der Waals surface area contributed by atoms with Crippen LogP contribution in [-0.2, 0) is 16.9 Å². The van der Waals surface area contributed by atoms with Crippen molar-refractivity contribution in [3.8, 4) is 0 Å². The minimum absolute atomic E-state index is 0.793. The molecule has 0 fully saturated rings. The predicted octanol–water partition coefficient (Wildman–Crippen LogP) is 3.49. The summed E-state index contributed by atoms with van der Waals surface area (Å²) in [4.78, 5) is 0. The maximum absolute atomic E-state index is 5.59. The maximum atomic E-state index is 5.59. The van der Waals surface area contributed by atoms with Crippen LogP contribution in [0.4, 0.5) is 0 Å². The van der Waals surface area contributed by atoms with Crippen molar-refractivity contribution in [2.75, 3.05) is 24.3 Å². The Morgan fingerprint density at radius 1 is 1.33 bits per heavy atom. The van der Waals surface area contributed by atoms with Gasteiger partial charge in [0.25, 0.3) is 0 Å². The van der Waals surface area contributed by atoms with E-state index in [1.807, 2.05) is 11.8 Å². The van der Waals surface area contributed by atoms with E-state index < -0.39 is 0 Å². The molecular formula is C11H17BrO2S. The largest absolute Gasteiger partial charge is 0.465 e. The maximum Gasteiger partial charge on any atom is 0.114 e. The summed E-state index contributed by atoms with van der Waals surface area (Å²) in [5.41, 5.74) is 0. The fourth-order valence-corrected chi connectivity index (χ4v) is 2.10. The summed E-state index contributed by atoms with van der Waals surface area (Å²) in [6.45, 7) is 3.71. The summed E-state index contributed by atoms with van der Waals surface area (Å²) in [6.07, 6.45) is 0.971. The molecule has 0 bridgehead atoms. The third-order valence-corrected chi connectivity index (χ3v) is 3.17. The van der Waals surface area contributed by atoms with Gasteiger partial charge in [0, 0.05) is 17.5 Å². The van der Waals surface area contributed by atoms with Gasteiger partial charge in [0.05, 0.1) is 19.0 Å². The zero-order chi connectivity index (χ0) is 10.9. The zero-order valence-corrected chi connectivity index (χ0v) is 11.4. The molecule has 4 heteroatoms. The quantitative estimate of drug-likeness (QED) is 0.541. The topological polar surface area (TPSA) is 22.4 Å². The van der Waals surface area contributed by atoms with Gasteiger partial charge in [-0.2, -0.15) is 11.8 Å². The zero-order valence-electron chi connectivity index (χ0n) is 9.00. The van der Waals surface area contributed by atoms with Gasteiger partial charge >= 0.3 is 0 Å². The van der Waals surface area contributed by atoms with E-state index in [1.165, 1.54) is 0 Å². The molecule has 0 amide bonds. The minimum Gasteiger partial charge on any atom is -0.465 e. The molecular weight excluding hydrogens is 276 g/mol. The van der Waals surface area contributed by atoms with Crippen LogP contribution in [0.2, 0.25) is 0 Å². The van der Waals surface area contributed by atoms with Crippen molar-refractivity contribution in [1.29, 1.82) is 0 Å². The highest BCUT2D eigenvalue weighted by molar-refractivity contribution is 9.09. The van der Waals surface area contributed by atoms with Crippen LogP contribution in [0.1, 0.15) is 18.4 Å². The third-order valence-electron chi connectivity index (χ3n) is 1.90. The van der Waals surface area contributed by atoms with E-state index >= 15 is 0 Å². The summed E-state index contributed by atoms with van der Waals surface area (Å²) in [5, 5.41) is 0.912. The lowest BCUT2D eigenvalue weighted by Crippen LogP contribution is -1.99. The first-order valence-electron chi connectivity index (χ1n) is 5.16. The molecule has 86 valence electrons. The van der Waals surface area contributed by atoms with E-state index in [2.05, 4.69) is 35.0 Å². The lowest BCUT2D eigenvalue weighted by atomic mass is 10.4. The molecule has 0 saturated carbocycles. The van der Waals surface area contributed by atoms with Crippen molar-refractivity contribution >= 4 is 27.7 Å². The molecule has 0 unspecified atom stereocenters. The monoisotopic (exact) mass is 292 g/mol. The number of alkyl halides is 1. The third kappa shape index (κ3) is 5.64. The molecule has 1 aromatic rings. The van der Waals surface area contributed by atoms with Crippen LogP contribution >= 0.6 is 27.7 Å². The van der Waals surface area contributed by atoms with Gasteiger partial charge in [-0.1, -0.05) is 22.9 Å². The summed E-state index contributed by atoms with van der Waals surface area (Å²) in [7, 11) is 0. The van der Waals surface area contributed by atoms with Crippen LogP contribution < -0.4 is 0 Å². The number of thioether (sulfide) groups is 1. The molecule has 15 heavy (non-hydrogen) atoms. The lowest BCUT2D eigenvalue weighted by Gasteiger charge is -2.00. The molecule has 0 N–H and O–H groups in total. The smallest absolute Gasteiger partial charge is 0.114 e. The fraction of sp³-hybridized carbons (Fsp3) is 0.636. The van der Waals surface area contributed by atoms with Crippen molar-refractivity contribution in [2.45, 2.75) is 19.1 Å². The van der Waals surface area contributed by atoms with Gasteiger partial charge in [-0.3, -0.25) is 0 Å². The number of ether oxygens (including phenoxy) is 1. The van der Waals surface area contributed by atoms with Crippen molar-refractivity contribution in [2.24, 2.45) is 0 Å². The SMILES string of the molecule is CCc1ccc(CSCCOCCBr)o1. The van der Waals surface area contributed by atoms with E-state index in [9.17, 15) is 0 Å². The van der Waals surface area contributed by atoms with Crippen molar-refractivity contribution in [3.63, 3.8) is 0 Å². The van der Waals surface area contributed by atoms with E-state index in [4.69, 9.17) is 9.15 Å². The second kappa shape index (κ2) is 8.25. The van der Waals surface area contributed by atoms with Crippen molar-refractivity contribution < 1.29 is 9.15 Å². The highest BCUT2D eigenvalue weighted by atomic mass is 79.9. The van der Waals surface area contributed by atoms with Gasteiger partial charge in [0.2, 0.25) is 0 Å². The summed E-state index contributed by atoms with van der Waals surface area (Å²) in [5.74, 6) is 4.10. The Kier molecular flexibility index (Phi) is 7.22. The van der Waals surface area contributed by atoms with E-state index in [1.54, 1.807) is 0 Å². The Bertz CT molecular complexity index is 263. The number of hydrogen-bond donors (Lipinski definition) is 0. The Morgan fingerprint density at radius 3 is 2.80 bits per heavy atom. The Labute approximate surface area is 104 Å². The second-order valence-corrected chi connectivity index (χ2v) is 4.97. The average Bonchev–Trinajstić information content (AvgIpc) is 2.71. The molecule has 0 radical (unpaired) electrons.